The minimum atomic E-state index is -0.258. The van der Waals surface area contributed by atoms with E-state index >= 15 is 0 Å². The van der Waals surface area contributed by atoms with Crippen molar-refractivity contribution in [2.45, 2.75) is 26.3 Å². The first-order valence-corrected chi connectivity index (χ1v) is 7.27. The molecule has 0 spiro atoms. The summed E-state index contributed by atoms with van der Waals surface area (Å²) >= 11 is 3.26. The third kappa shape index (κ3) is 3.45. The van der Waals surface area contributed by atoms with Crippen LogP contribution in [-0.4, -0.2) is 0 Å². The average molecular weight is 337 g/mol. The van der Waals surface area contributed by atoms with E-state index in [-0.39, 0.29) is 11.9 Å². The van der Waals surface area contributed by atoms with Crippen LogP contribution in [0, 0.1) is 19.7 Å². The Hall–Kier alpha value is -1.23. The van der Waals surface area contributed by atoms with Gasteiger partial charge in [-0.1, -0.05) is 40.2 Å². The molecule has 0 aromatic heterocycles. The van der Waals surface area contributed by atoms with E-state index in [0.717, 1.165) is 10.0 Å². The molecule has 106 valence electrons. The normalized spacial score (nSPS) is 12.4. The zero-order valence-electron chi connectivity index (χ0n) is 11.6. The number of hydrogen-bond acceptors (Lipinski definition) is 2. The summed E-state index contributed by atoms with van der Waals surface area (Å²) in [6.07, 6.45) is 0.649. The molecule has 2 aromatic rings. The van der Waals surface area contributed by atoms with E-state index in [2.05, 4.69) is 53.4 Å². The fraction of sp³-hybridized carbons (Fsp3) is 0.250. The molecule has 3 N–H and O–H groups in total. The standard InChI is InChI=1S/C16H18BrFN2/c1-10-3-4-12(7-11(10)2)8-16(20-19)14-6-5-13(17)9-15(14)18/h3-7,9,16,20H,8,19H2,1-2H3. The minimum Gasteiger partial charge on any atom is -0.271 e. The van der Waals surface area contributed by atoms with E-state index in [1.807, 2.05) is 6.07 Å². The van der Waals surface area contributed by atoms with Gasteiger partial charge in [0.05, 0.1) is 6.04 Å². The maximum Gasteiger partial charge on any atom is 0.129 e. The lowest BCUT2D eigenvalue weighted by Gasteiger charge is -2.18. The van der Waals surface area contributed by atoms with Gasteiger partial charge in [-0.05, 0) is 49.1 Å². The average Bonchev–Trinajstić information content (AvgIpc) is 2.41. The Bertz CT molecular complexity index is 613. The van der Waals surface area contributed by atoms with E-state index in [4.69, 9.17) is 5.84 Å². The van der Waals surface area contributed by atoms with Gasteiger partial charge in [-0.25, -0.2) is 4.39 Å². The summed E-state index contributed by atoms with van der Waals surface area (Å²) in [4.78, 5) is 0. The first kappa shape index (κ1) is 15.2. The number of benzene rings is 2. The molecule has 1 unspecified atom stereocenters. The summed E-state index contributed by atoms with van der Waals surface area (Å²) in [5, 5.41) is 0. The Kier molecular flexibility index (Phi) is 4.91. The van der Waals surface area contributed by atoms with Crippen molar-refractivity contribution in [2.75, 3.05) is 0 Å². The molecule has 1 atom stereocenters. The van der Waals surface area contributed by atoms with Gasteiger partial charge in [-0.15, -0.1) is 0 Å². The van der Waals surface area contributed by atoms with Crippen LogP contribution in [0.5, 0.6) is 0 Å². The largest absolute Gasteiger partial charge is 0.271 e. The fourth-order valence-electron chi connectivity index (χ4n) is 2.21. The molecule has 0 aliphatic heterocycles. The summed E-state index contributed by atoms with van der Waals surface area (Å²) in [5.74, 6) is 5.34. The lowest BCUT2D eigenvalue weighted by Crippen LogP contribution is -2.30. The molecule has 0 saturated heterocycles. The number of nitrogens with one attached hydrogen (secondary N) is 1. The van der Waals surface area contributed by atoms with Crippen molar-refractivity contribution in [3.05, 3.63) is 68.9 Å². The van der Waals surface area contributed by atoms with E-state index in [9.17, 15) is 4.39 Å². The van der Waals surface area contributed by atoms with Crippen molar-refractivity contribution in [1.82, 2.24) is 5.43 Å². The van der Waals surface area contributed by atoms with Crippen molar-refractivity contribution in [2.24, 2.45) is 5.84 Å². The predicted octanol–water partition coefficient (Wildman–Crippen LogP) is 3.95. The van der Waals surface area contributed by atoms with E-state index in [1.54, 1.807) is 6.07 Å². The number of hydrazine groups is 1. The number of rotatable bonds is 4. The highest BCUT2D eigenvalue weighted by atomic mass is 79.9. The van der Waals surface area contributed by atoms with Crippen LogP contribution in [0.25, 0.3) is 0 Å². The Morgan fingerprint density at radius 1 is 1.15 bits per heavy atom. The maximum absolute atomic E-state index is 14.0. The van der Waals surface area contributed by atoms with Crippen LogP contribution < -0.4 is 11.3 Å². The van der Waals surface area contributed by atoms with Crippen LogP contribution in [0.3, 0.4) is 0 Å². The second kappa shape index (κ2) is 6.48. The molecule has 0 aliphatic carbocycles. The molecule has 0 radical (unpaired) electrons. The van der Waals surface area contributed by atoms with Gasteiger partial charge in [0, 0.05) is 10.0 Å². The molecule has 2 rings (SSSR count). The molecular weight excluding hydrogens is 319 g/mol. The van der Waals surface area contributed by atoms with Gasteiger partial charge in [0.1, 0.15) is 5.82 Å². The zero-order valence-corrected chi connectivity index (χ0v) is 13.2. The Labute approximate surface area is 127 Å². The van der Waals surface area contributed by atoms with E-state index in [0.29, 0.717) is 12.0 Å². The van der Waals surface area contributed by atoms with Gasteiger partial charge in [0.15, 0.2) is 0 Å². The van der Waals surface area contributed by atoms with Crippen LogP contribution in [0.1, 0.15) is 28.3 Å². The molecule has 4 heteroatoms. The Morgan fingerprint density at radius 3 is 2.50 bits per heavy atom. The molecule has 0 fully saturated rings. The van der Waals surface area contributed by atoms with Gasteiger partial charge >= 0.3 is 0 Å². The SMILES string of the molecule is Cc1ccc(CC(NN)c2ccc(Br)cc2F)cc1C. The van der Waals surface area contributed by atoms with Crippen molar-refractivity contribution < 1.29 is 4.39 Å². The van der Waals surface area contributed by atoms with Gasteiger partial charge in [-0.2, -0.15) is 0 Å². The lowest BCUT2D eigenvalue weighted by atomic mass is 9.96. The molecule has 0 amide bonds. The van der Waals surface area contributed by atoms with E-state index in [1.165, 1.54) is 17.2 Å². The smallest absolute Gasteiger partial charge is 0.129 e. The summed E-state index contributed by atoms with van der Waals surface area (Å²) in [6.45, 7) is 4.15. The van der Waals surface area contributed by atoms with Crippen molar-refractivity contribution in [3.8, 4) is 0 Å². The number of aryl methyl sites for hydroxylation is 2. The lowest BCUT2D eigenvalue weighted by molar-refractivity contribution is 0.510. The van der Waals surface area contributed by atoms with Crippen molar-refractivity contribution >= 4 is 15.9 Å². The molecular formula is C16H18BrFN2. The predicted molar refractivity (Wildman–Crippen MR) is 83.8 cm³/mol. The van der Waals surface area contributed by atoms with Crippen molar-refractivity contribution in [3.63, 3.8) is 0 Å². The number of hydrogen-bond donors (Lipinski definition) is 2. The topological polar surface area (TPSA) is 38.0 Å². The third-order valence-electron chi connectivity index (χ3n) is 3.55. The van der Waals surface area contributed by atoms with Crippen LogP contribution >= 0.6 is 15.9 Å². The molecule has 2 nitrogen and oxygen atoms in total. The Balaban J connectivity index is 2.26. The van der Waals surface area contributed by atoms with E-state index < -0.39 is 0 Å². The number of halogens is 2. The second-order valence-electron chi connectivity index (χ2n) is 5.01. The monoisotopic (exact) mass is 336 g/mol. The maximum atomic E-state index is 14.0. The molecule has 20 heavy (non-hydrogen) atoms. The third-order valence-corrected chi connectivity index (χ3v) is 4.04. The zero-order chi connectivity index (χ0) is 14.7. The first-order valence-electron chi connectivity index (χ1n) is 6.48. The quantitative estimate of drug-likeness (QED) is 0.655. The highest BCUT2D eigenvalue weighted by Gasteiger charge is 2.15. The summed E-state index contributed by atoms with van der Waals surface area (Å²) < 4.78 is 14.7. The molecule has 0 heterocycles. The summed E-state index contributed by atoms with van der Waals surface area (Å²) in [7, 11) is 0. The first-order chi connectivity index (χ1) is 9.51. The highest BCUT2D eigenvalue weighted by molar-refractivity contribution is 9.10. The fourth-order valence-corrected chi connectivity index (χ4v) is 2.54. The molecule has 2 aromatic carbocycles. The molecule has 0 aliphatic rings. The van der Waals surface area contributed by atoms with Crippen LogP contribution in [-0.2, 0) is 6.42 Å². The summed E-state index contributed by atoms with van der Waals surface area (Å²) in [6, 6.07) is 11.1. The molecule has 0 bridgehead atoms. The van der Waals surface area contributed by atoms with Crippen LogP contribution in [0.15, 0.2) is 40.9 Å². The van der Waals surface area contributed by atoms with Crippen LogP contribution in [0.2, 0.25) is 0 Å². The van der Waals surface area contributed by atoms with Gasteiger partial charge < -0.3 is 0 Å². The minimum absolute atomic E-state index is 0.245. The highest BCUT2D eigenvalue weighted by Crippen LogP contribution is 2.24. The van der Waals surface area contributed by atoms with Gasteiger partial charge in [-0.3, -0.25) is 11.3 Å². The number of nitrogens with two attached hydrogens (primary N) is 1. The van der Waals surface area contributed by atoms with Crippen molar-refractivity contribution in [1.29, 1.82) is 0 Å². The second-order valence-corrected chi connectivity index (χ2v) is 5.92. The van der Waals surface area contributed by atoms with Gasteiger partial charge in [0.25, 0.3) is 0 Å². The van der Waals surface area contributed by atoms with Crippen LogP contribution in [0.4, 0.5) is 4.39 Å². The summed E-state index contributed by atoms with van der Waals surface area (Å²) in [5.41, 5.74) is 6.90. The molecule has 0 saturated carbocycles. The van der Waals surface area contributed by atoms with Gasteiger partial charge in [0.2, 0.25) is 0 Å². The Morgan fingerprint density at radius 2 is 1.90 bits per heavy atom.